The quantitative estimate of drug-likeness (QED) is 0.781. The Balaban J connectivity index is 1.98. The second-order valence-electron chi connectivity index (χ2n) is 6.59. The summed E-state index contributed by atoms with van der Waals surface area (Å²) in [5, 5.41) is 2.07. The number of halogens is 1. The van der Waals surface area contributed by atoms with Crippen LogP contribution in [0.2, 0.25) is 5.02 Å². The van der Waals surface area contributed by atoms with Gasteiger partial charge in [0.15, 0.2) is 0 Å². The van der Waals surface area contributed by atoms with Crippen LogP contribution in [0.3, 0.4) is 0 Å². The van der Waals surface area contributed by atoms with E-state index < -0.39 is 63.3 Å². The van der Waals surface area contributed by atoms with Gasteiger partial charge in [-0.1, -0.05) is 23.7 Å². The van der Waals surface area contributed by atoms with Crippen LogP contribution in [0.4, 0.5) is 10.5 Å². The monoisotopic (exact) mass is 421 g/mol. The summed E-state index contributed by atoms with van der Waals surface area (Å²) in [6.45, 7) is -1.04. The second-order valence-corrected chi connectivity index (χ2v) is 6.97. The van der Waals surface area contributed by atoms with E-state index in [4.69, 9.17) is 32.2 Å². The number of rotatable bonds is 5. The summed E-state index contributed by atoms with van der Waals surface area (Å²) in [5.74, 6) is -3.82. The third kappa shape index (κ3) is 5.54. The Labute approximate surface area is 196 Å². The van der Waals surface area contributed by atoms with E-state index in [0.717, 1.165) is 18.3 Å². The predicted molar refractivity (Wildman–Crippen MR) is 117 cm³/mol. The molecule has 1 aliphatic heterocycles. The average Bonchev–Trinajstić information content (AvgIpc) is 2.87. The van der Waals surface area contributed by atoms with Gasteiger partial charge in [-0.15, -0.1) is 0 Å². The van der Waals surface area contributed by atoms with Crippen molar-refractivity contribution < 1.29 is 25.4 Å². The Bertz CT molecular complexity index is 1210. The highest BCUT2D eigenvalue weighted by Gasteiger charge is 2.24. The van der Waals surface area contributed by atoms with E-state index in [0.29, 0.717) is 18.1 Å². The maximum absolute atomic E-state index is 12.7. The highest BCUT2D eigenvalue weighted by atomic mass is 35.5. The molecule has 0 spiro atoms. The predicted octanol–water partition coefficient (Wildman–Crippen LogP) is 3.99. The minimum Gasteiger partial charge on any atom is -0.368 e. The molecule has 6 heteroatoms. The zero-order valence-electron chi connectivity index (χ0n) is 30.9. The van der Waals surface area contributed by atoms with Crippen molar-refractivity contribution in [3.05, 3.63) is 28.8 Å². The van der Waals surface area contributed by atoms with Crippen molar-refractivity contribution in [2.45, 2.75) is 44.8 Å². The molecule has 156 valence electrons. The number of amides is 2. The Morgan fingerprint density at radius 3 is 2.75 bits per heavy atom. The number of carbonyl (C=O) groups excluding carboxylic acids is 1. The molecule has 3 rings (SSSR count). The van der Waals surface area contributed by atoms with Gasteiger partial charge in [-0.3, -0.25) is 4.90 Å². The number of piperazine rings is 1. The molecule has 1 aliphatic carbocycles. The number of nitrogens with one attached hydrogen (secondary N) is 1. The van der Waals surface area contributed by atoms with E-state index in [-0.39, 0.29) is 18.0 Å². The van der Waals surface area contributed by atoms with Gasteiger partial charge in [0, 0.05) is 65.4 Å². The average molecular weight is 422 g/mol. The fraction of sp³-hybridized carbons (Fsp3) is 0.682. The molecule has 0 aromatic heterocycles. The van der Waals surface area contributed by atoms with Crippen LogP contribution in [0.15, 0.2) is 18.2 Å². The number of aryl methyl sites for hydroxylation is 1. The minimum absolute atomic E-state index is 0.0337. The summed E-state index contributed by atoms with van der Waals surface area (Å²) in [4.78, 5) is 16.1. The topological polar surface area (TPSA) is 38.8 Å². The summed E-state index contributed by atoms with van der Waals surface area (Å²) in [6.07, 6.45) is -19.1. The highest BCUT2D eigenvalue weighted by molar-refractivity contribution is 6.34. The van der Waals surface area contributed by atoms with Crippen LogP contribution in [0.1, 0.15) is 58.0 Å². The SMILES string of the molecule is [2H]C([2H])([2H])N(C)C(=O)N[C@]1([2H])C([2H])([2H])C([2H])([2H])[C@@]([2H])(C([2H])([2H])CN2CCN(c3cccc(C)c3Cl)CC2)C([2H])([2H])C1([2H])[2H]. The van der Waals surface area contributed by atoms with Gasteiger partial charge in [0.05, 0.1) is 12.1 Å². The summed E-state index contributed by atoms with van der Waals surface area (Å²) < 4.78 is 126. The van der Waals surface area contributed by atoms with E-state index in [9.17, 15) is 4.79 Å². The smallest absolute Gasteiger partial charge is 0.317 e. The summed E-state index contributed by atoms with van der Waals surface area (Å²) in [7, 11) is 0.739. The van der Waals surface area contributed by atoms with Gasteiger partial charge in [-0.2, -0.15) is 0 Å². The fourth-order valence-corrected chi connectivity index (χ4v) is 3.11. The zero-order chi connectivity index (χ0) is 33.4. The summed E-state index contributed by atoms with van der Waals surface area (Å²) in [6, 6.07) is -0.0722. The number of hydrogen-bond acceptors (Lipinski definition) is 3. The lowest BCUT2D eigenvalue weighted by atomic mass is 9.84. The Morgan fingerprint density at radius 2 is 2.07 bits per heavy atom. The van der Waals surface area contributed by atoms with Gasteiger partial charge in [0.25, 0.3) is 0 Å². The third-order valence-corrected chi connectivity index (χ3v) is 5.02. The second kappa shape index (κ2) is 9.84. The van der Waals surface area contributed by atoms with Crippen LogP contribution >= 0.6 is 11.6 Å². The van der Waals surface area contributed by atoms with Crippen LogP contribution in [0.5, 0.6) is 0 Å². The molecular formula is C22H35ClN4O. The first kappa shape index (κ1) is 9.13. The number of benzene rings is 1. The number of urea groups is 1. The van der Waals surface area contributed by atoms with Gasteiger partial charge in [0.1, 0.15) is 0 Å². The first-order chi connectivity index (χ1) is 19.2. The number of nitrogens with zero attached hydrogens (tertiary/aromatic N) is 3. The third-order valence-electron chi connectivity index (χ3n) is 4.53. The lowest BCUT2D eigenvalue weighted by Gasteiger charge is -2.37. The highest BCUT2D eigenvalue weighted by Crippen LogP contribution is 2.30. The standard InChI is InChI=1S/C22H35ClN4O/c1-17-5-4-6-20(21(17)23)27-15-13-26(14-16-27)12-11-18-7-9-19(10-8-18)24-22(28)25(2)3/h4-6,18-19H,7-16H2,1-3H3,(H,24,28)/t18-,19-/i2D3,7D2,8D2,9D2,10D2,11D2,18D,19D. The minimum atomic E-state index is -3.96. The van der Waals surface area contributed by atoms with E-state index in [2.05, 4.69) is 0 Å². The molecule has 0 unspecified atom stereocenters. The molecule has 2 amide bonds. The van der Waals surface area contributed by atoms with Crippen molar-refractivity contribution in [2.75, 3.05) is 51.6 Å². The lowest BCUT2D eigenvalue weighted by molar-refractivity contribution is 0.194. The zero-order valence-corrected chi connectivity index (χ0v) is 16.7. The first-order valence-electron chi connectivity index (χ1n) is 16.4. The van der Waals surface area contributed by atoms with Crippen molar-refractivity contribution in [1.29, 1.82) is 0 Å². The summed E-state index contributed by atoms with van der Waals surface area (Å²) in [5.41, 5.74) is 1.60. The number of carbonyl (C=O) groups is 1. The van der Waals surface area contributed by atoms with Gasteiger partial charge in [-0.05, 0) is 62.9 Å². The number of anilines is 1. The van der Waals surface area contributed by atoms with Crippen molar-refractivity contribution in [2.24, 2.45) is 5.89 Å². The molecule has 28 heavy (non-hydrogen) atoms. The molecule has 5 nitrogen and oxygen atoms in total. The van der Waals surface area contributed by atoms with Crippen molar-refractivity contribution in [3.8, 4) is 0 Å². The van der Waals surface area contributed by atoms with Crippen LogP contribution in [-0.4, -0.2) is 68.6 Å². The molecule has 1 saturated heterocycles. The van der Waals surface area contributed by atoms with Gasteiger partial charge < -0.3 is 15.1 Å². The van der Waals surface area contributed by atoms with Crippen LogP contribution in [0, 0.1) is 12.8 Å². The Kier molecular flexibility index (Phi) is 3.21. The van der Waals surface area contributed by atoms with Crippen LogP contribution in [0.25, 0.3) is 0 Å². The van der Waals surface area contributed by atoms with Crippen LogP contribution in [-0.2, 0) is 0 Å². The molecule has 1 aromatic rings. The Morgan fingerprint density at radius 1 is 1.36 bits per heavy atom. The normalized spacial score (nSPS) is 44.8. The van der Waals surface area contributed by atoms with E-state index in [1.807, 2.05) is 30.0 Å². The molecule has 1 aromatic carbocycles. The molecule has 1 N–H and O–H groups in total. The molecule has 0 radical (unpaired) electrons. The molecule has 0 bridgehead atoms. The molecule has 0 atom stereocenters. The maximum Gasteiger partial charge on any atom is 0.317 e. The van der Waals surface area contributed by atoms with Crippen LogP contribution < -0.4 is 10.2 Å². The first-order valence-corrected chi connectivity index (χ1v) is 9.32. The Hall–Kier alpha value is -1.46. The molecule has 2 fully saturated rings. The molecular weight excluding hydrogens is 372 g/mol. The van der Waals surface area contributed by atoms with Crippen molar-refractivity contribution >= 4 is 23.3 Å². The lowest BCUT2D eigenvalue weighted by Crippen LogP contribution is -2.47. The van der Waals surface area contributed by atoms with Gasteiger partial charge in [0.2, 0.25) is 0 Å². The van der Waals surface area contributed by atoms with E-state index in [1.54, 1.807) is 0 Å². The van der Waals surface area contributed by atoms with Crippen molar-refractivity contribution in [1.82, 2.24) is 15.1 Å². The molecule has 1 heterocycles. The van der Waals surface area contributed by atoms with E-state index in [1.165, 1.54) is 10.2 Å². The maximum atomic E-state index is 12.7. The molecule has 2 aliphatic rings. The van der Waals surface area contributed by atoms with Gasteiger partial charge in [-0.25, -0.2) is 4.79 Å². The fourth-order valence-electron chi connectivity index (χ4n) is 2.87. The molecule has 1 saturated carbocycles. The summed E-state index contributed by atoms with van der Waals surface area (Å²) >= 11 is 6.43. The van der Waals surface area contributed by atoms with Crippen molar-refractivity contribution in [3.63, 3.8) is 0 Å². The number of hydrogen-bond donors (Lipinski definition) is 1. The van der Waals surface area contributed by atoms with Gasteiger partial charge >= 0.3 is 6.03 Å². The van der Waals surface area contributed by atoms with E-state index >= 15 is 0 Å². The largest absolute Gasteiger partial charge is 0.368 e.